The molecule has 0 saturated carbocycles. The molecule has 2 heteroatoms. The van der Waals surface area contributed by atoms with Gasteiger partial charge in [0.1, 0.15) is 0 Å². The highest BCUT2D eigenvalue weighted by atomic mass is 15.2. The fraction of sp³-hybridized carbons (Fsp3) is 1.00. The van der Waals surface area contributed by atoms with Crippen LogP contribution in [0.2, 0.25) is 0 Å². The van der Waals surface area contributed by atoms with Crippen LogP contribution in [0, 0.1) is 0 Å². The Morgan fingerprint density at radius 1 is 1.00 bits per heavy atom. The third-order valence-corrected chi connectivity index (χ3v) is 3.63. The average Bonchev–Trinajstić information content (AvgIpc) is 2.24. The maximum absolute atomic E-state index is 3.50. The van der Waals surface area contributed by atoms with Gasteiger partial charge >= 0.3 is 0 Å². The van der Waals surface area contributed by atoms with Crippen molar-refractivity contribution in [2.45, 2.75) is 64.8 Å². The lowest BCUT2D eigenvalue weighted by molar-refractivity contribution is 0.162. The minimum absolute atomic E-state index is 0.864. The summed E-state index contributed by atoms with van der Waals surface area (Å²) in [5.74, 6) is 0. The molecule has 0 spiro atoms. The summed E-state index contributed by atoms with van der Waals surface area (Å²) in [6, 6.07) is 0.864. The lowest BCUT2D eigenvalue weighted by atomic mass is 10.0. The quantitative estimate of drug-likeness (QED) is 0.749. The lowest BCUT2D eigenvalue weighted by Crippen LogP contribution is -2.40. The predicted molar refractivity (Wildman–Crippen MR) is 71.9 cm³/mol. The first-order valence-electron chi connectivity index (χ1n) is 7.33. The molecule has 1 fully saturated rings. The van der Waals surface area contributed by atoms with E-state index in [-0.39, 0.29) is 0 Å². The Balaban J connectivity index is 2.38. The van der Waals surface area contributed by atoms with Crippen molar-refractivity contribution in [2.75, 3.05) is 26.2 Å². The first kappa shape index (κ1) is 14.0. The van der Waals surface area contributed by atoms with Crippen molar-refractivity contribution in [1.29, 1.82) is 0 Å². The smallest absolute Gasteiger partial charge is 0.00951 e. The van der Waals surface area contributed by atoms with Crippen LogP contribution in [0.4, 0.5) is 0 Å². The third kappa shape index (κ3) is 5.31. The van der Waals surface area contributed by atoms with E-state index in [1.54, 1.807) is 0 Å². The van der Waals surface area contributed by atoms with E-state index < -0.39 is 0 Å². The molecular formula is C14H30N2. The number of rotatable bonds is 6. The van der Waals surface area contributed by atoms with Crippen LogP contribution in [0.1, 0.15) is 58.8 Å². The van der Waals surface area contributed by atoms with Crippen molar-refractivity contribution in [1.82, 2.24) is 10.2 Å². The Morgan fingerprint density at radius 3 is 2.25 bits per heavy atom. The van der Waals surface area contributed by atoms with Gasteiger partial charge in [-0.05, 0) is 51.9 Å². The Hall–Kier alpha value is -0.0800. The van der Waals surface area contributed by atoms with E-state index in [1.807, 2.05) is 0 Å². The summed E-state index contributed by atoms with van der Waals surface area (Å²) in [6.07, 6.45) is 9.54. The molecule has 1 N–H and O–H groups in total. The number of hydrogen-bond acceptors (Lipinski definition) is 2. The zero-order chi connectivity index (χ0) is 11.6. The van der Waals surface area contributed by atoms with E-state index >= 15 is 0 Å². The number of hydrogen-bond donors (Lipinski definition) is 1. The van der Waals surface area contributed by atoms with E-state index in [9.17, 15) is 0 Å². The molecule has 2 nitrogen and oxygen atoms in total. The highest BCUT2D eigenvalue weighted by Gasteiger charge is 2.17. The first-order chi connectivity index (χ1) is 7.88. The topological polar surface area (TPSA) is 15.3 Å². The van der Waals surface area contributed by atoms with Gasteiger partial charge in [0.2, 0.25) is 0 Å². The molecule has 0 aliphatic carbocycles. The second kappa shape index (κ2) is 9.00. The highest BCUT2D eigenvalue weighted by Crippen LogP contribution is 2.16. The molecule has 0 aromatic carbocycles. The maximum Gasteiger partial charge on any atom is 0.00951 e. The summed E-state index contributed by atoms with van der Waals surface area (Å²) < 4.78 is 0. The molecule has 0 radical (unpaired) electrons. The van der Waals surface area contributed by atoms with Gasteiger partial charge in [-0.15, -0.1) is 0 Å². The standard InChI is InChI=1S/C14H30N2/c1-3-5-9-14(8-4-2)16-12-6-10-15-11-7-13-16/h14-15H,3-13H2,1-2H3. The third-order valence-electron chi connectivity index (χ3n) is 3.63. The normalized spacial score (nSPS) is 21.4. The molecule has 1 saturated heterocycles. The summed E-state index contributed by atoms with van der Waals surface area (Å²) in [5.41, 5.74) is 0. The second-order valence-corrected chi connectivity index (χ2v) is 5.08. The van der Waals surface area contributed by atoms with Crippen molar-refractivity contribution in [3.05, 3.63) is 0 Å². The van der Waals surface area contributed by atoms with Gasteiger partial charge in [-0.25, -0.2) is 0 Å². The van der Waals surface area contributed by atoms with E-state index in [0.717, 1.165) is 6.04 Å². The largest absolute Gasteiger partial charge is 0.317 e. The van der Waals surface area contributed by atoms with Gasteiger partial charge in [0, 0.05) is 6.04 Å². The molecule has 1 unspecified atom stereocenters. The lowest BCUT2D eigenvalue weighted by Gasteiger charge is -2.33. The van der Waals surface area contributed by atoms with Gasteiger partial charge in [-0.2, -0.15) is 0 Å². The molecule has 0 bridgehead atoms. The van der Waals surface area contributed by atoms with Crippen molar-refractivity contribution in [3.8, 4) is 0 Å². The molecule has 0 amide bonds. The van der Waals surface area contributed by atoms with Crippen molar-refractivity contribution in [2.24, 2.45) is 0 Å². The predicted octanol–water partition coefficient (Wildman–Crippen LogP) is 3.03. The van der Waals surface area contributed by atoms with Crippen molar-refractivity contribution < 1.29 is 0 Å². The van der Waals surface area contributed by atoms with Crippen LogP contribution in [0.3, 0.4) is 0 Å². The molecule has 1 heterocycles. The molecule has 96 valence electrons. The van der Waals surface area contributed by atoms with Crippen molar-refractivity contribution >= 4 is 0 Å². The van der Waals surface area contributed by atoms with Crippen LogP contribution in [0.5, 0.6) is 0 Å². The number of nitrogens with zero attached hydrogens (tertiary/aromatic N) is 1. The molecular weight excluding hydrogens is 196 g/mol. The molecule has 0 aromatic heterocycles. The Kier molecular flexibility index (Phi) is 7.87. The van der Waals surface area contributed by atoms with E-state index in [2.05, 4.69) is 24.1 Å². The Bertz CT molecular complexity index is 148. The summed E-state index contributed by atoms with van der Waals surface area (Å²) in [4.78, 5) is 2.76. The summed E-state index contributed by atoms with van der Waals surface area (Å²) >= 11 is 0. The zero-order valence-corrected chi connectivity index (χ0v) is 11.3. The summed E-state index contributed by atoms with van der Waals surface area (Å²) in [7, 11) is 0. The van der Waals surface area contributed by atoms with Crippen LogP contribution in [-0.4, -0.2) is 37.1 Å². The minimum atomic E-state index is 0.864. The fourth-order valence-corrected chi connectivity index (χ4v) is 2.70. The average molecular weight is 226 g/mol. The van der Waals surface area contributed by atoms with Gasteiger partial charge in [-0.3, -0.25) is 0 Å². The fourth-order valence-electron chi connectivity index (χ4n) is 2.70. The van der Waals surface area contributed by atoms with Gasteiger partial charge in [-0.1, -0.05) is 33.1 Å². The van der Waals surface area contributed by atoms with E-state index in [1.165, 1.54) is 71.1 Å². The van der Waals surface area contributed by atoms with Gasteiger partial charge < -0.3 is 10.2 Å². The maximum atomic E-state index is 3.50. The number of nitrogens with one attached hydrogen (secondary N) is 1. The summed E-state index contributed by atoms with van der Waals surface area (Å²) in [5, 5.41) is 3.50. The molecule has 1 aliphatic rings. The van der Waals surface area contributed by atoms with E-state index in [4.69, 9.17) is 0 Å². The second-order valence-electron chi connectivity index (χ2n) is 5.08. The molecule has 1 atom stereocenters. The van der Waals surface area contributed by atoms with Crippen LogP contribution in [-0.2, 0) is 0 Å². The van der Waals surface area contributed by atoms with Crippen LogP contribution in [0.25, 0.3) is 0 Å². The van der Waals surface area contributed by atoms with Crippen LogP contribution in [0.15, 0.2) is 0 Å². The zero-order valence-electron chi connectivity index (χ0n) is 11.3. The van der Waals surface area contributed by atoms with Crippen LogP contribution >= 0.6 is 0 Å². The van der Waals surface area contributed by atoms with Crippen molar-refractivity contribution in [3.63, 3.8) is 0 Å². The molecule has 16 heavy (non-hydrogen) atoms. The number of unbranched alkanes of at least 4 members (excludes halogenated alkanes) is 1. The molecule has 0 aromatic rings. The SMILES string of the molecule is CCCCC(CCC)N1CCCNCCC1. The molecule has 1 aliphatic heterocycles. The van der Waals surface area contributed by atoms with E-state index in [0.29, 0.717) is 0 Å². The summed E-state index contributed by atoms with van der Waals surface area (Å²) in [6.45, 7) is 9.67. The first-order valence-corrected chi connectivity index (χ1v) is 7.33. The molecule has 1 rings (SSSR count). The van der Waals surface area contributed by atoms with Gasteiger partial charge in [0.15, 0.2) is 0 Å². The Labute approximate surface area is 102 Å². The van der Waals surface area contributed by atoms with Crippen LogP contribution < -0.4 is 5.32 Å². The monoisotopic (exact) mass is 226 g/mol. The Morgan fingerprint density at radius 2 is 1.69 bits per heavy atom. The minimum Gasteiger partial charge on any atom is -0.317 e. The van der Waals surface area contributed by atoms with Gasteiger partial charge in [0.05, 0.1) is 0 Å². The van der Waals surface area contributed by atoms with Gasteiger partial charge in [0.25, 0.3) is 0 Å². The highest BCUT2D eigenvalue weighted by molar-refractivity contribution is 4.74.